The minimum atomic E-state index is -1.26. The van der Waals surface area contributed by atoms with Gasteiger partial charge in [0, 0.05) is 25.5 Å². The molecule has 2 aromatic rings. The number of furan rings is 1. The third kappa shape index (κ3) is 3.55. The predicted molar refractivity (Wildman–Crippen MR) is 85.4 cm³/mol. The van der Waals surface area contributed by atoms with Gasteiger partial charge in [-0.3, -0.25) is 0 Å². The van der Waals surface area contributed by atoms with Gasteiger partial charge in [0.15, 0.2) is 5.76 Å². The van der Waals surface area contributed by atoms with Gasteiger partial charge in [0.25, 0.3) is 5.79 Å². The number of carbonyl (C=O) groups excluding carboxylic acids is 2. The quantitative estimate of drug-likeness (QED) is 0.349. The average molecular weight is 322 g/mol. The maximum Gasteiger partial charge on any atom is 0.348 e. The monoisotopic (exact) mass is 322 g/mol. The molecule has 2 heterocycles. The minimum Gasteiger partial charge on any atom is -0.448 e. The van der Waals surface area contributed by atoms with Gasteiger partial charge in [0.1, 0.15) is 11.3 Å². The minimum absolute atomic E-state index is 0.216. The van der Waals surface area contributed by atoms with Crippen LogP contribution in [0.4, 0.5) is 0 Å². The van der Waals surface area contributed by atoms with Crippen molar-refractivity contribution in [2.45, 2.75) is 19.6 Å². The van der Waals surface area contributed by atoms with E-state index in [-0.39, 0.29) is 5.57 Å². The van der Waals surface area contributed by atoms with E-state index >= 15 is 0 Å². The Labute approximate surface area is 138 Å². The van der Waals surface area contributed by atoms with Gasteiger partial charge in [-0.05, 0) is 30.2 Å². The van der Waals surface area contributed by atoms with Crippen LogP contribution in [0.3, 0.4) is 0 Å². The molecule has 0 amide bonds. The van der Waals surface area contributed by atoms with E-state index in [1.807, 2.05) is 30.3 Å². The molecule has 120 valence electrons. The molecular weight excluding hydrogens is 308 g/mol. The van der Waals surface area contributed by atoms with E-state index in [0.717, 1.165) is 5.56 Å². The zero-order valence-corrected chi connectivity index (χ0v) is 13.2. The summed E-state index contributed by atoms with van der Waals surface area (Å²) in [7, 11) is 0. The van der Waals surface area contributed by atoms with Gasteiger partial charge < -0.3 is 13.9 Å². The number of ether oxygens (including phenoxy) is 2. The first-order chi connectivity index (χ1) is 11.4. The van der Waals surface area contributed by atoms with Crippen LogP contribution in [0.15, 0.2) is 52.5 Å². The molecule has 1 saturated heterocycles. The third-order valence-electron chi connectivity index (χ3n) is 3.13. The molecule has 1 aliphatic rings. The summed E-state index contributed by atoms with van der Waals surface area (Å²) in [5.41, 5.74) is 0.640. The van der Waals surface area contributed by atoms with Crippen LogP contribution in [-0.2, 0) is 19.1 Å². The number of carbonyl (C=O) groups is 2. The summed E-state index contributed by atoms with van der Waals surface area (Å²) in [5.74, 6) is 3.82. The summed E-state index contributed by atoms with van der Waals surface area (Å²) in [4.78, 5) is 23.8. The topological polar surface area (TPSA) is 65.7 Å². The highest BCUT2D eigenvalue weighted by Gasteiger charge is 2.39. The summed E-state index contributed by atoms with van der Waals surface area (Å²) < 4.78 is 15.5. The van der Waals surface area contributed by atoms with Crippen molar-refractivity contribution < 1.29 is 23.5 Å². The molecule has 0 bridgehead atoms. The van der Waals surface area contributed by atoms with Crippen LogP contribution in [0, 0.1) is 11.8 Å². The van der Waals surface area contributed by atoms with Crippen molar-refractivity contribution >= 4 is 18.0 Å². The molecule has 0 aliphatic carbocycles. The maximum absolute atomic E-state index is 11.9. The van der Waals surface area contributed by atoms with Crippen molar-refractivity contribution in [2.24, 2.45) is 0 Å². The Morgan fingerprint density at radius 1 is 0.917 bits per heavy atom. The molecule has 0 spiro atoms. The Balaban J connectivity index is 1.80. The zero-order valence-electron chi connectivity index (χ0n) is 13.2. The lowest BCUT2D eigenvalue weighted by Crippen LogP contribution is -2.41. The van der Waals surface area contributed by atoms with Crippen molar-refractivity contribution in [3.63, 3.8) is 0 Å². The molecular formula is C19H14O5. The Morgan fingerprint density at radius 3 is 2.25 bits per heavy atom. The highest BCUT2D eigenvalue weighted by Crippen LogP contribution is 2.24. The smallest absolute Gasteiger partial charge is 0.348 e. The lowest BCUT2D eigenvalue weighted by molar-refractivity contribution is -0.222. The van der Waals surface area contributed by atoms with E-state index in [2.05, 4.69) is 11.8 Å². The molecule has 3 rings (SSSR count). The fourth-order valence-electron chi connectivity index (χ4n) is 2.07. The molecule has 0 N–H and O–H groups in total. The van der Waals surface area contributed by atoms with Crippen LogP contribution in [0.5, 0.6) is 0 Å². The summed E-state index contributed by atoms with van der Waals surface area (Å²) in [6, 6.07) is 12.7. The van der Waals surface area contributed by atoms with Crippen LogP contribution in [0.2, 0.25) is 0 Å². The van der Waals surface area contributed by atoms with Gasteiger partial charge in [-0.1, -0.05) is 24.1 Å². The second-order valence-electron chi connectivity index (χ2n) is 5.55. The molecule has 0 radical (unpaired) electrons. The highest BCUT2D eigenvalue weighted by molar-refractivity contribution is 6.18. The Bertz CT molecular complexity index is 853. The van der Waals surface area contributed by atoms with Crippen LogP contribution >= 0.6 is 0 Å². The second kappa shape index (κ2) is 6.09. The lowest BCUT2D eigenvalue weighted by Gasteiger charge is -2.29. The number of cyclic esters (lactones) is 2. The Hall–Kier alpha value is -3.26. The molecule has 1 fully saturated rings. The highest BCUT2D eigenvalue weighted by atomic mass is 16.7. The van der Waals surface area contributed by atoms with Crippen LogP contribution in [0.1, 0.15) is 30.9 Å². The number of benzene rings is 1. The van der Waals surface area contributed by atoms with E-state index < -0.39 is 17.7 Å². The van der Waals surface area contributed by atoms with Crippen molar-refractivity contribution in [1.29, 1.82) is 0 Å². The van der Waals surface area contributed by atoms with Gasteiger partial charge in [-0.15, -0.1) is 0 Å². The first-order valence-corrected chi connectivity index (χ1v) is 7.28. The van der Waals surface area contributed by atoms with Gasteiger partial charge in [-0.2, -0.15) is 0 Å². The first kappa shape index (κ1) is 15.6. The Morgan fingerprint density at radius 2 is 1.58 bits per heavy atom. The number of esters is 2. The summed E-state index contributed by atoms with van der Waals surface area (Å²) >= 11 is 0. The van der Waals surface area contributed by atoms with Crippen LogP contribution in [-0.4, -0.2) is 17.7 Å². The van der Waals surface area contributed by atoms with E-state index in [1.54, 1.807) is 12.1 Å². The standard InChI is InChI=1S/C19H14O5/c1-19(2)23-17(20)16(18(21)24-19)12-15-11-10-14(22-15)9-8-13-6-4-3-5-7-13/h3-7,10-12H,1-2H3. The van der Waals surface area contributed by atoms with Gasteiger partial charge in [-0.25, -0.2) is 9.59 Å². The fourth-order valence-corrected chi connectivity index (χ4v) is 2.07. The maximum atomic E-state index is 11.9. The van der Waals surface area contributed by atoms with Crippen molar-refractivity contribution in [1.82, 2.24) is 0 Å². The van der Waals surface area contributed by atoms with Gasteiger partial charge in [0.05, 0.1) is 0 Å². The van der Waals surface area contributed by atoms with E-state index in [9.17, 15) is 9.59 Å². The molecule has 1 aromatic carbocycles. The summed E-state index contributed by atoms with van der Waals surface area (Å²) in [6.07, 6.45) is 1.29. The molecule has 1 aliphatic heterocycles. The normalized spacial score (nSPS) is 15.8. The van der Waals surface area contributed by atoms with E-state index in [4.69, 9.17) is 13.9 Å². The molecule has 5 nitrogen and oxygen atoms in total. The lowest BCUT2D eigenvalue weighted by atomic mass is 10.2. The average Bonchev–Trinajstić information content (AvgIpc) is 2.97. The molecule has 1 aromatic heterocycles. The molecule has 0 saturated carbocycles. The third-order valence-corrected chi connectivity index (χ3v) is 3.13. The Kier molecular flexibility index (Phi) is 3.97. The largest absolute Gasteiger partial charge is 0.448 e. The van der Waals surface area contributed by atoms with Crippen LogP contribution in [0.25, 0.3) is 6.08 Å². The molecule has 0 unspecified atom stereocenters. The van der Waals surface area contributed by atoms with E-state index in [1.165, 1.54) is 19.9 Å². The second-order valence-corrected chi connectivity index (χ2v) is 5.55. The van der Waals surface area contributed by atoms with Crippen molar-refractivity contribution in [3.05, 3.63) is 65.1 Å². The van der Waals surface area contributed by atoms with E-state index in [0.29, 0.717) is 11.5 Å². The molecule has 24 heavy (non-hydrogen) atoms. The van der Waals surface area contributed by atoms with Crippen molar-refractivity contribution in [3.8, 4) is 11.8 Å². The SMILES string of the molecule is CC1(C)OC(=O)C(=Cc2ccc(C#Cc3ccccc3)o2)C(=O)O1. The van der Waals surface area contributed by atoms with Gasteiger partial charge in [0.2, 0.25) is 0 Å². The molecule has 5 heteroatoms. The van der Waals surface area contributed by atoms with Crippen LogP contribution < -0.4 is 0 Å². The summed E-state index contributed by atoms with van der Waals surface area (Å²) in [6.45, 7) is 2.98. The zero-order chi connectivity index (χ0) is 17.2. The predicted octanol–water partition coefficient (Wildman–Crippen LogP) is 2.90. The fraction of sp³-hybridized carbons (Fsp3) is 0.158. The summed E-state index contributed by atoms with van der Waals surface area (Å²) in [5, 5.41) is 0. The number of hydrogen-bond donors (Lipinski definition) is 0. The van der Waals surface area contributed by atoms with Crippen molar-refractivity contribution in [2.75, 3.05) is 0 Å². The molecule has 0 atom stereocenters. The first-order valence-electron chi connectivity index (χ1n) is 7.28. The van der Waals surface area contributed by atoms with Gasteiger partial charge >= 0.3 is 11.9 Å². The number of rotatable bonds is 1. The number of hydrogen-bond acceptors (Lipinski definition) is 5.